The molecule has 4 aromatic rings. The van der Waals surface area contributed by atoms with Crippen molar-refractivity contribution in [1.29, 1.82) is 0 Å². The van der Waals surface area contributed by atoms with Crippen molar-refractivity contribution in [3.63, 3.8) is 0 Å². The monoisotopic (exact) mass is 446 g/mol. The van der Waals surface area contributed by atoms with Crippen LogP contribution in [0.1, 0.15) is 24.2 Å². The highest BCUT2D eigenvalue weighted by molar-refractivity contribution is 7.21. The predicted molar refractivity (Wildman–Crippen MR) is 126 cm³/mol. The Hall–Kier alpha value is -3.71. The first-order chi connectivity index (χ1) is 15.5. The van der Waals surface area contributed by atoms with Crippen LogP contribution in [0.5, 0.6) is 5.75 Å². The number of carbonyl (C=O) groups is 2. The van der Waals surface area contributed by atoms with Gasteiger partial charge >= 0.3 is 5.97 Å². The van der Waals surface area contributed by atoms with Gasteiger partial charge in [-0.1, -0.05) is 30.3 Å². The van der Waals surface area contributed by atoms with Crippen molar-refractivity contribution in [2.45, 2.75) is 20.0 Å². The van der Waals surface area contributed by atoms with Gasteiger partial charge in [0, 0.05) is 11.3 Å². The number of hydrogen-bond acceptors (Lipinski definition) is 6. The van der Waals surface area contributed by atoms with Crippen molar-refractivity contribution < 1.29 is 19.1 Å². The average Bonchev–Trinajstić information content (AvgIpc) is 3.24. The van der Waals surface area contributed by atoms with Gasteiger partial charge in [0.25, 0.3) is 5.91 Å². The number of fused-ring (bicyclic) bond motifs is 1. The maximum Gasteiger partial charge on any atom is 0.339 e. The van der Waals surface area contributed by atoms with Crippen LogP contribution in [0.25, 0.3) is 20.8 Å². The SMILES string of the molecule is CCOc1ccc(NC(=O)C(C)OC(=O)c2ccccc2-c2nc3ccccc3s2)cc1. The van der Waals surface area contributed by atoms with Crippen molar-refractivity contribution in [3.05, 3.63) is 78.4 Å². The van der Waals surface area contributed by atoms with Crippen LogP contribution in [-0.4, -0.2) is 29.6 Å². The van der Waals surface area contributed by atoms with E-state index in [1.165, 1.54) is 11.3 Å². The van der Waals surface area contributed by atoms with E-state index in [1.807, 2.05) is 43.3 Å². The molecule has 0 saturated carbocycles. The van der Waals surface area contributed by atoms with E-state index in [-0.39, 0.29) is 0 Å². The zero-order chi connectivity index (χ0) is 22.5. The van der Waals surface area contributed by atoms with Crippen LogP contribution in [-0.2, 0) is 9.53 Å². The van der Waals surface area contributed by atoms with E-state index in [4.69, 9.17) is 9.47 Å². The first-order valence-corrected chi connectivity index (χ1v) is 11.1. The number of nitrogens with one attached hydrogen (secondary N) is 1. The number of anilines is 1. The molecule has 162 valence electrons. The second-order valence-corrected chi connectivity index (χ2v) is 8.06. The highest BCUT2D eigenvalue weighted by Crippen LogP contribution is 2.32. The van der Waals surface area contributed by atoms with Crippen molar-refractivity contribution >= 4 is 39.1 Å². The minimum atomic E-state index is -0.975. The van der Waals surface area contributed by atoms with Gasteiger partial charge in [0.1, 0.15) is 10.8 Å². The Morgan fingerprint density at radius 3 is 2.47 bits per heavy atom. The van der Waals surface area contributed by atoms with Crippen LogP contribution in [0.3, 0.4) is 0 Å². The first-order valence-electron chi connectivity index (χ1n) is 10.2. The largest absolute Gasteiger partial charge is 0.494 e. The predicted octanol–water partition coefficient (Wildman–Crippen LogP) is 5.55. The van der Waals surface area contributed by atoms with E-state index >= 15 is 0 Å². The van der Waals surface area contributed by atoms with E-state index in [0.29, 0.717) is 23.4 Å². The van der Waals surface area contributed by atoms with E-state index in [2.05, 4.69) is 10.3 Å². The van der Waals surface area contributed by atoms with Gasteiger partial charge in [-0.25, -0.2) is 9.78 Å². The summed E-state index contributed by atoms with van der Waals surface area (Å²) in [7, 11) is 0. The minimum Gasteiger partial charge on any atom is -0.494 e. The number of para-hydroxylation sites is 1. The fraction of sp³-hybridized carbons (Fsp3) is 0.160. The maximum atomic E-state index is 12.9. The molecule has 4 rings (SSSR count). The topological polar surface area (TPSA) is 77.5 Å². The average molecular weight is 447 g/mol. The molecular weight excluding hydrogens is 424 g/mol. The lowest BCUT2D eigenvalue weighted by molar-refractivity contribution is -0.123. The number of hydrogen-bond donors (Lipinski definition) is 1. The van der Waals surface area contributed by atoms with Gasteiger partial charge in [0.2, 0.25) is 0 Å². The summed E-state index contributed by atoms with van der Waals surface area (Å²) in [6.07, 6.45) is -0.975. The zero-order valence-electron chi connectivity index (χ0n) is 17.7. The molecule has 0 radical (unpaired) electrons. The number of thiazole rings is 1. The molecule has 1 atom stereocenters. The van der Waals surface area contributed by atoms with Crippen LogP contribution >= 0.6 is 11.3 Å². The summed E-state index contributed by atoms with van der Waals surface area (Å²) >= 11 is 1.51. The number of nitrogens with zero attached hydrogens (tertiary/aromatic N) is 1. The zero-order valence-corrected chi connectivity index (χ0v) is 18.5. The van der Waals surface area contributed by atoms with Crippen molar-refractivity contribution in [1.82, 2.24) is 4.98 Å². The molecule has 1 aromatic heterocycles. The van der Waals surface area contributed by atoms with E-state index in [0.717, 1.165) is 21.0 Å². The normalized spacial score (nSPS) is 11.7. The smallest absolute Gasteiger partial charge is 0.339 e. The number of benzene rings is 3. The molecule has 3 aromatic carbocycles. The summed E-state index contributed by atoms with van der Waals surface area (Å²) in [5, 5.41) is 3.48. The molecular formula is C25H22N2O4S. The Balaban J connectivity index is 1.47. The highest BCUT2D eigenvalue weighted by Gasteiger charge is 2.22. The summed E-state index contributed by atoms with van der Waals surface area (Å²) in [5.74, 6) is -0.273. The summed E-state index contributed by atoms with van der Waals surface area (Å²) in [5.41, 5.74) is 2.51. The molecule has 7 heteroatoms. The van der Waals surface area contributed by atoms with Gasteiger partial charge in [-0.2, -0.15) is 0 Å². The fourth-order valence-corrected chi connectivity index (χ4v) is 4.16. The molecule has 0 saturated heterocycles. The Bertz CT molecular complexity index is 1220. The maximum absolute atomic E-state index is 12.9. The lowest BCUT2D eigenvalue weighted by atomic mass is 10.1. The number of ether oxygens (including phenoxy) is 2. The van der Waals surface area contributed by atoms with Crippen LogP contribution in [0.4, 0.5) is 5.69 Å². The molecule has 6 nitrogen and oxygen atoms in total. The molecule has 0 aliphatic rings. The van der Waals surface area contributed by atoms with E-state index in [1.54, 1.807) is 43.3 Å². The van der Waals surface area contributed by atoms with Gasteiger partial charge in [-0.15, -0.1) is 11.3 Å². The summed E-state index contributed by atoms with van der Waals surface area (Å²) < 4.78 is 11.9. The van der Waals surface area contributed by atoms with Gasteiger partial charge in [-0.05, 0) is 56.3 Å². The fourth-order valence-electron chi connectivity index (χ4n) is 3.16. The molecule has 0 spiro atoms. The van der Waals surface area contributed by atoms with Crippen LogP contribution in [0.2, 0.25) is 0 Å². The lowest BCUT2D eigenvalue weighted by Gasteiger charge is -2.15. The van der Waals surface area contributed by atoms with Gasteiger partial charge < -0.3 is 14.8 Å². The Labute approximate surface area is 189 Å². The number of carbonyl (C=O) groups excluding carboxylic acids is 2. The van der Waals surface area contributed by atoms with Crippen LogP contribution < -0.4 is 10.1 Å². The van der Waals surface area contributed by atoms with Gasteiger partial charge in [0.05, 0.1) is 22.4 Å². The molecule has 0 bridgehead atoms. The molecule has 1 heterocycles. The molecule has 0 fully saturated rings. The molecule has 0 aliphatic heterocycles. The Morgan fingerprint density at radius 2 is 1.72 bits per heavy atom. The number of esters is 1. The van der Waals surface area contributed by atoms with E-state index < -0.39 is 18.0 Å². The number of amides is 1. The molecule has 0 aliphatic carbocycles. The van der Waals surface area contributed by atoms with Gasteiger partial charge in [-0.3, -0.25) is 4.79 Å². The second kappa shape index (κ2) is 9.62. The third kappa shape index (κ3) is 4.78. The Kier molecular flexibility index (Phi) is 6.47. The lowest BCUT2D eigenvalue weighted by Crippen LogP contribution is -2.30. The molecule has 1 N–H and O–H groups in total. The van der Waals surface area contributed by atoms with Gasteiger partial charge in [0.15, 0.2) is 6.10 Å². The van der Waals surface area contributed by atoms with Crippen molar-refractivity contribution in [2.24, 2.45) is 0 Å². The van der Waals surface area contributed by atoms with Crippen molar-refractivity contribution in [2.75, 3.05) is 11.9 Å². The molecule has 1 amide bonds. The highest BCUT2D eigenvalue weighted by atomic mass is 32.1. The third-order valence-electron chi connectivity index (χ3n) is 4.76. The van der Waals surface area contributed by atoms with Crippen LogP contribution in [0.15, 0.2) is 72.8 Å². The molecule has 1 unspecified atom stereocenters. The number of rotatable bonds is 7. The summed E-state index contributed by atoms with van der Waals surface area (Å²) in [6, 6.07) is 21.9. The van der Waals surface area contributed by atoms with Crippen molar-refractivity contribution in [3.8, 4) is 16.3 Å². The number of aromatic nitrogens is 1. The Morgan fingerprint density at radius 1 is 1.00 bits per heavy atom. The summed E-state index contributed by atoms with van der Waals surface area (Å²) in [4.78, 5) is 30.1. The summed E-state index contributed by atoms with van der Waals surface area (Å²) in [6.45, 7) is 4.01. The van der Waals surface area contributed by atoms with Crippen LogP contribution in [0, 0.1) is 0 Å². The van der Waals surface area contributed by atoms with E-state index in [9.17, 15) is 9.59 Å². The standard InChI is InChI=1S/C25H22N2O4S/c1-3-30-18-14-12-17(13-15-18)26-23(28)16(2)31-25(29)20-9-5-4-8-19(20)24-27-21-10-6-7-11-22(21)32-24/h4-16H,3H2,1-2H3,(H,26,28). The quantitative estimate of drug-likeness (QED) is 0.377. The third-order valence-corrected chi connectivity index (χ3v) is 5.83. The first kappa shape index (κ1) is 21.5. The minimum absolute atomic E-state index is 0.368. The second-order valence-electron chi connectivity index (χ2n) is 7.03. The molecule has 32 heavy (non-hydrogen) atoms.